The number of hydrogen-bond acceptors (Lipinski definition) is 9. The number of nitrogens with one attached hydrogen (secondary N) is 3. The molecule has 0 aliphatic heterocycles. The number of rotatable bonds is 5. The number of hydrogen-bond donors (Lipinski definition) is 4. The molecular weight excluding hydrogens is 364 g/mol. The van der Waals surface area contributed by atoms with Crippen molar-refractivity contribution in [2.45, 2.75) is 38.5 Å². The maximum absolute atomic E-state index is 11.4. The van der Waals surface area contributed by atoms with Crippen LogP contribution in [0.5, 0.6) is 0 Å². The van der Waals surface area contributed by atoms with Crippen molar-refractivity contribution >= 4 is 29.8 Å². The molecule has 12 heteroatoms. The Morgan fingerprint density at radius 3 is 1.63 bits per heavy atom. The SMILES string of the molecule is CNC(=O)C(N)C(=O)OC.CNC(=O)C(NC(=O)OC(C)(C)C)C(=O)OC. The topological polar surface area (TPSA) is 175 Å². The molecule has 0 aromatic rings. The fourth-order valence-corrected chi connectivity index (χ4v) is 1.31. The summed E-state index contributed by atoms with van der Waals surface area (Å²) in [5, 5.41) is 6.58. The minimum absolute atomic E-state index is 0.549. The summed E-state index contributed by atoms with van der Waals surface area (Å²) in [4.78, 5) is 55.1. The third-order valence-corrected chi connectivity index (χ3v) is 2.59. The Hall–Kier alpha value is -2.89. The van der Waals surface area contributed by atoms with Crippen LogP contribution in [0.2, 0.25) is 0 Å². The highest BCUT2D eigenvalue weighted by molar-refractivity contribution is 6.04. The van der Waals surface area contributed by atoms with Crippen molar-refractivity contribution in [2.24, 2.45) is 5.73 Å². The number of methoxy groups -OCH3 is 2. The van der Waals surface area contributed by atoms with E-state index in [4.69, 9.17) is 10.5 Å². The molecule has 0 aromatic heterocycles. The zero-order valence-corrected chi connectivity index (χ0v) is 16.5. The van der Waals surface area contributed by atoms with E-state index in [1.54, 1.807) is 20.8 Å². The first-order chi connectivity index (χ1) is 12.3. The van der Waals surface area contributed by atoms with Gasteiger partial charge in [-0.25, -0.2) is 14.4 Å². The second-order valence-electron chi connectivity index (χ2n) is 5.83. The molecule has 0 aromatic carbocycles. The minimum Gasteiger partial charge on any atom is -0.467 e. The number of amides is 3. The van der Waals surface area contributed by atoms with Crippen LogP contribution in [0, 0.1) is 0 Å². The molecule has 0 fully saturated rings. The van der Waals surface area contributed by atoms with Crippen LogP contribution in [-0.4, -0.2) is 75.8 Å². The average molecular weight is 392 g/mol. The van der Waals surface area contributed by atoms with E-state index in [-0.39, 0.29) is 0 Å². The van der Waals surface area contributed by atoms with Crippen LogP contribution in [0.3, 0.4) is 0 Å². The number of nitrogens with two attached hydrogens (primary N) is 1. The molecule has 0 spiro atoms. The van der Waals surface area contributed by atoms with Gasteiger partial charge in [-0.3, -0.25) is 14.9 Å². The van der Waals surface area contributed by atoms with E-state index < -0.39 is 47.5 Å². The summed E-state index contributed by atoms with van der Waals surface area (Å²) in [5.41, 5.74) is 4.38. The normalized spacial score (nSPS) is 12.1. The molecule has 12 nitrogen and oxygen atoms in total. The standard InChI is InChI=1S/C10H18N2O5.C5H10N2O3/c1-10(2,3)17-9(15)12-6(7(13)11-4)8(14)16-5;1-7-4(8)3(6)5(9)10-2/h6H,1-5H3,(H,11,13)(H,12,15);3H,6H2,1-2H3,(H,7,8). The lowest BCUT2D eigenvalue weighted by Gasteiger charge is -2.21. The molecule has 0 rings (SSSR count). The van der Waals surface area contributed by atoms with E-state index in [9.17, 15) is 24.0 Å². The van der Waals surface area contributed by atoms with Crippen LogP contribution in [-0.2, 0) is 33.4 Å². The van der Waals surface area contributed by atoms with Gasteiger partial charge in [-0.15, -0.1) is 0 Å². The molecule has 0 aliphatic rings. The molecule has 156 valence electrons. The highest BCUT2D eigenvalue weighted by atomic mass is 16.6. The zero-order chi connectivity index (χ0) is 21.8. The smallest absolute Gasteiger partial charge is 0.408 e. The van der Waals surface area contributed by atoms with Crippen LogP contribution in [0.15, 0.2) is 0 Å². The first-order valence-electron chi connectivity index (χ1n) is 7.68. The largest absolute Gasteiger partial charge is 0.467 e. The lowest BCUT2D eigenvalue weighted by Crippen LogP contribution is -2.52. The molecule has 27 heavy (non-hydrogen) atoms. The number of likely N-dealkylation sites (N-methyl/N-ethyl adjacent to an activating group) is 2. The van der Waals surface area contributed by atoms with Gasteiger partial charge in [0.05, 0.1) is 14.2 Å². The summed E-state index contributed by atoms with van der Waals surface area (Å²) >= 11 is 0. The Balaban J connectivity index is 0. The van der Waals surface area contributed by atoms with Crippen LogP contribution in [0.25, 0.3) is 0 Å². The average Bonchev–Trinajstić information content (AvgIpc) is 2.61. The van der Waals surface area contributed by atoms with Gasteiger partial charge >= 0.3 is 18.0 Å². The van der Waals surface area contributed by atoms with E-state index in [1.807, 2.05) is 0 Å². The van der Waals surface area contributed by atoms with Crippen molar-refractivity contribution in [3.63, 3.8) is 0 Å². The number of esters is 2. The Labute approximate surface area is 157 Å². The van der Waals surface area contributed by atoms with Gasteiger partial charge in [0, 0.05) is 14.1 Å². The van der Waals surface area contributed by atoms with Gasteiger partial charge in [-0.1, -0.05) is 0 Å². The Kier molecular flexibility index (Phi) is 12.2. The lowest BCUT2D eigenvalue weighted by molar-refractivity contribution is -0.147. The molecule has 0 heterocycles. The quantitative estimate of drug-likeness (QED) is 0.235. The fourth-order valence-electron chi connectivity index (χ4n) is 1.31. The second-order valence-corrected chi connectivity index (χ2v) is 5.83. The van der Waals surface area contributed by atoms with E-state index >= 15 is 0 Å². The molecule has 2 atom stereocenters. The summed E-state index contributed by atoms with van der Waals surface area (Å²) in [6.07, 6.45) is -0.864. The molecule has 0 aliphatic carbocycles. The van der Waals surface area contributed by atoms with Crippen molar-refractivity contribution in [1.82, 2.24) is 16.0 Å². The van der Waals surface area contributed by atoms with E-state index in [0.29, 0.717) is 0 Å². The predicted molar refractivity (Wildman–Crippen MR) is 93.3 cm³/mol. The van der Waals surface area contributed by atoms with E-state index in [1.165, 1.54) is 21.2 Å². The number of alkyl carbamates (subject to hydrolysis) is 1. The fraction of sp³-hybridized carbons (Fsp3) is 0.667. The maximum atomic E-state index is 11.4. The van der Waals surface area contributed by atoms with Crippen LogP contribution in [0.1, 0.15) is 20.8 Å². The zero-order valence-electron chi connectivity index (χ0n) is 16.5. The molecule has 0 radical (unpaired) electrons. The van der Waals surface area contributed by atoms with E-state index in [0.717, 1.165) is 7.11 Å². The van der Waals surface area contributed by atoms with Gasteiger partial charge in [0.15, 0.2) is 6.04 Å². The molecule has 5 N–H and O–H groups in total. The third-order valence-electron chi connectivity index (χ3n) is 2.59. The van der Waals surface area contributed by atoms with E-state index in [2.05, 4.69) is 25.4 Å². The van der Waals surface area contributed by atoms with Crippen molar-refractivity contribution in [1.29, 1.82) is 0 Å². The van der Waals surface area contributed by atoms with Crippen molar-refractivity contribution in [3.8, 4) is 0 Å². The molecular formula is C15H28N4O8. The second kappa shape index (κ2) is 12.5. The molecule has 0 bridgehead atoms. The monoisotopic (exact) mass is 392 g/mol. The third kappa shape index (κ3) is 11.4. The summed E-state index contributed by atoms with van der Waals surface area (Å²) in [7, 11) is 5.03. The molecule has 0 saturated heterocycles. The van der Waals surface area contributed by atoms with Crippen LogP contribution >= 0.6 is 0 Å². The van der Waals surface area contributed by atoms with Crippen molar-refractivity contribution in [2.75, 3.05) is 28.3 Å². The number of ether oxygens (including phenoxy) is 3. The number of carbonyl (C=O) groups excluding carboxylic acids is 5. The van der Waals surface area contributed by atoms with Gasteiger partial charge in [-0.05, 0) is 20.8 Å². The predicted octanol–water partition coefficient (Wildman–Crippen LogP) is -1.97. The Morgan fingerprint density at radius 1 is 0.852 bits per heavy atom. The van der Waals surface area contributed by atoms with Gasteiger partial charge < -0.3 is 30.6 Å². The Morgan fingerprint density at radius 2 is 1.30 bits per heavy atom. The van der Waals surface area contributed by atoms with Gasteiger partial charge in [0.1, 0.15) is 5.60 Å². The molecule has 2 unspecified atom stereocenters. The minimum atomic E-state index is -1.42. The highest BCUT2D eigenvalue weighted by Crippen LogP contribution is 2.06. The lowest BCUT2D eigenvalue weighted by atomic mass is 10.2. The van der Waals surface area contributed by atoms with Gasteiger partial charge in [-0.2, -0.15) is 0 Å². The first-order valence-corrected chi connectivity index (χ1v) is 7.68. The van der Waals surface area contributed by atoms with Crippen molar-refractivity contribution in [3.05, 3.63) is 0 Å². The summed E-state index contributed by atoms with van der Waals surface area (Å²) < 4.78 is 13.5. The van der Waals surface area contributed by atoms with Crippen LogP contribution in [0.4, 0.5) is 4.79 Å². The van der Waals surface area contributed by atoms with Crippen LogP contribution < -0.4 is 21.7 Å². The molecule has 0 saturated carbocycles. The summed E-state index contributed by atoms with van der Waals surface area (Å²) in [6.45, 7) is 5.00. The molecule has 3 amide bonds. The van der Waals surface area contributed by atoms with Gasteiger partial charge in [0.2, 0.25) is 11.9 Å². The maximum Gasteiger partial charge on any atom is 0.408 e. The summed E-state index contributed by atoms with van der Waals surface area (Å²) in [5.74, 6) is -2.83. The van der Waals surface area contributed by atoms with Gasteiger partial charge in [0.25, 0.3) is 5.91 Å². The summed E-state index contributed by atoms with van der Waals surface area (Å²) in [6, 6.07) is -2.63. The highest BCUT2D eigenvalue weighted by Gasteiger charge is 2.30. The number of carbonyl (C=O) groups is 5. The first kappa shape index (κ1) is 26.3. The van der Waals surface area contributed by atoms with Crippen molar-refractivity contribution < 1.29 is 38.2 Å². The Bertz CT molecular complexity index is 512.